The maximum Gasteiger partial charge on any atom is 2.00 e. The molecule has 0 saturated heterocycles. The molecule has 0 N–H and O–H groups in total. The first kappa shape index (κ1) is 71.3. The van der Waals surface area contributed by atoms with Gasteiger partial charge in [0.05, 0.1) is 0 Å². The quantitative estimate of drug-likeness (QED) is 0.350. The third-order valence-corrected chi connectivity index (χ3v) is 0. The second-order valence-electron chi connectivity index (χ2n) is 0. The first-order chi connectivity index (χ1) is 0. The largest absolute Gasteiger partial charge is 2.00 e. The van der Waals surface area contributed by atoms with Crippen molar-refractivity contribution in [3.8, 4) is 0 Å². The van der Waals surface area contributed by atoms with E-state index < -0.39 is 0 Å². The third kappa shape index (κ3) is 26.0. The molecule has 0 amide bonds. The Morgan fingerprint density at radius 3 is 0.600 bits per heavy atom. The van der Waals surface area contributed by atoms with Gasteiger partial charge in [-0.1, -0.05) is 0 Å². The summed E-state index contributed by atoms with van der Waals surface area (Å²) in [5.41, 5.74) is 0. The maximum atomic E-state index is 0. The van der Waals surface area contributed by atoms with E-state index >= 15 is 0 Å². The summed E-state index contributed by atoms with van der Waals surface area (Å²) in [6, 6.07) is 0. The maximum absolute atomic E-state index is 0. The van der Waals surface area contributed by atoms with Crippen LogP contribution in [0.5, 0.6) is 0 Å². The molecular formula is H2Cl4Zn. The van der Waals surface area contributed by atoms with Crippen LogP contribution in [0.1, 0.15) is 0 Å². The Kier molecular flexibility index (Phi) is 594. The van der Waals surface area contributed by atoms with Crippen molar-refractivity contribution in [2.24, 2.45) is 0 Å². The second-order valence-corrected chi connectivity index (χ2v) is 0. The van der Waals surface area contributed by atoms with E-state index in [9.17, 15) is 0 Å². The topological polar surface area (TPSA) is 0 Å². The summed E-state index contributed by atoms with van der Waals surface area (Å²) in [4.78, 5) is 0. The molecule has 0 bridgehead atoms. The number of hydrogen-bond donors (Lipinski definition) is 0. The zero-order valence-electron chi connectivity index (χ0n) is 2.28. The molecule has 0 aliphatic rings. The molecule has 32 valence electrons. The molecule has 0 nitrogen and oxygen atoms in total. The second kappa shape index (κ2) is 41.6. The van der Waals surface area contributed by atoms with Gasteiger partial charge in [-0.05, 0) is 0 Å². The molecule has 0 radical (unpaired) electrons. The zero-order chi connectivity index (χ0) is 0. The van der Waals surface area contributed by atoms with Gasteiger partial charge in [0.15, 0.2) is 0 Å². The molecule has 0 fully saturated rings. The normalized spacial score (nSPS) is 0. The number of halogens is 4. The van der Waals surface area contributed by atoms with Gasteiger partial charge in [0, 0.05) is 0 Å². The molecule has 0 heterocycles. The van der Waals surface area contributed by atoms with Crippen molar-refractivity contribution in [2.75, 3.05) is 0 Å². The fourth-order valence-corrected chi connectivity index (χ4v) is 0. The van der Waals surface area contributed by atoms with E-state index in [0.717, 1.165) is 0 Å². The van der Waals surface area contributed by atoms with Crippen molar-refractivity contribution in [3.05, 3.63) is 0 Å². The van der Waals surface area contributed by atoms with Crippen LogP contribution in [0.3, 0.4) is 0 Å². The van der Waals surface area contributed by atoms with Gasteiger partial charge in [0.1, 0.15) is 0 Å². The summed E-state index contributed by atoms with van der Waals surface area (Å²) in [5.74, 6) is 0. The van der Waals surface area contributed by atoms with Crippen LogP contribution in [-0.4, -0.2) is 0 Å². The monoisotopic (exact) mass is 206 g/mol. The Morgan fingerprint density at radius 2 is 0.600 bits per heavy atom. The van der Waals surface area contributed by atoms with E-state index in [2.05, 4.69) is 0 Å². The molecule has 5 heavy (non-hydrogen) atoms. The van der Waals surface area contributed by atoms with Gasteiger partial charge in [-0.2, -0.15) is 0 Å². The van der Waals surface area contributed by atoms with Crippen molar-refractivity contribution in [2.45, 2.75) is 0 Å². The Labute approximate surface area is 68.9 Å². The molecule has 0 aromatic heterocycles. The van der Waals surface area contributed by atoms with E-state index in [1.807, 2.05) is 0 Å². The predicted molar refractivity (Wildman–Crippen MR) is 14.5 cm³/mol. The Balaban J connectivity index is 0. The third-order valence-electron chi connectivity index (χ3n) is 0. The van der Waals surface area contributed by atoms with E-state index in [0.29, 0.717) is 0 Å². The van der Waals surface area contributed by atoms with Gasteiger partial charge in [-0.15, -0.1) is 24.8 Å². The SMILES string of the molecule is Cl.Cl.[Cl-].[Cl-].[Zn+2]. The molecule has 0 saturated carbocycles. The molecule has 0 aromatic carbocycles. The Morgan fingerprint density at radius 1 is 0.600 bits per heavy atom. The Hall–Kier alpha value is 1.78. The van der Waals surface area contributed by atoms with E-state index in [4.69, 9.17) is 0 Å². The first-order valence-corrected chi connectivity index (χ1v) is 0. The molecule has 0 spiro atoms. The summed E-state index contributed by atoms with van der Waals surface area (Å²) in [5, 5.41) is 0. The van der Waals surface area contributed by atoms with Crippen LogP contribution >= 0.6 is 24.8 Å². The zero-order valence-corrected chi connectivity index (χ0v) is 8.39. The van der Waals surface area contributed by atoms with Crippen LogP contribution in [0.15, 0.2) is 0 Å². The first-order valence-electron chi connectivity index (χ1n) is 0. The molecule has 0 unspecified atom stereocenters. The van der Waals surface area contributed by atoms with Gasteiger partial charge in [0.2, 0.25) is 0 Å². The van der Waals surface area contributed by atoms with Crippen LogP contribution in [-0.2, 0) is 19.5 Å². The predicted octanol–water partition coefficient (Wildman–Crippen LogP) is -5.15. The van der Waals surface area contributed by atoms with Gasteiger partial charge >= 0.3 is 19.5 Å². The van der Waals surface area contributed by atoms with E-state index in [-0.39, 0.29) is 69.1 Å². The summed E-state index contributed by atoms with van der Waals surface area (Å²) in [6.45, 7) is 0. The van der Waals surface area contributed by atoms with Crippen LogP contribution in [0.2, 0.25) is 0 Å². The molecule has 0 rings (SSSR count). The average Bonchev–Trinajstić information content (AvgIpc) is 0. The van der Waals surface area contributed by atoms with Crippen molar-refractivity contribution in [3.63, 3.8) is 0 Å². The van der Waals surface area contributed by atoms with Gasteiger partial charge in [-0.25, -0.2) is 0 Å². The van der Waals surface area contributed by atoms with E-state index in [1.54, 1.807) is 0 Å². The molecule has 5 heteroatoms. The van der Waals surface area contributed by atoms with Crippen LogP contribution in [0.4, 0.5) is 0 Å². The van der Waals surface area contributed by atoms with Crippen molar-refractivity contribution in [1.29, 1.82) is 0 Å². The molecule has 0 atom stereocenters. The average molecular weight is 209 g/mol. The molecule has 0 aliphatic carbocycles. The smallest absolute Gasteiger partial charge is 1.00 e. The molecular weight excluding hydrogens is 207 g/mol. The van der Waals surface area contributed by atoms with Gasteiger partial charge < -0.3 is 24.8 Å². The van der Waals surface area contributed by atoms with Crippen LogP contribution in [0, 0.1) is 0 Å². The minimum Gasteiger partial charge on any atom is -1.00 e. The summed E-state index contributed by atoms with van der Waals surface area (Å²) in [6.07, 6.45) is 0. The standard InChI is InChI=1S/4ClH.Zn/h4*1H;/q;;;;+2/p-2. The molecule has 0 aliphatic heterocycles. The van der Waals surface area contributed by atoms with Gasteiger partial charge in [-0.3, -0.25) is 0 Å². The minimum absolute atomic E-state index is 0. The van der Waals surface area contributed by atoms with Crippen LogP contribution in [0.25, 0.3) is 0 Å². The summed E-state index contributed by atoms with van der Waals surface area (Å²) in [7, 11) is 0. The minimum atomic E-state index is 0. The van der Waals surface area contributed by atoms with Crippen molar-refractivity contribution < 1.29 is 44.3 Å². The van der Waals surface area contributed by atoms with Crippen LogP contribution < -0.4 is 24.8 Å². The molecule has 0 aromatic rings. The number of hydrogen-bond acceptors (Lipinski definition) is 0. The number of rotatable bonds is 0. The van der Waals surface area contributed by atoms with Gasteiger partial charge in [0.25, 0.3) is 0 Å². The fraction of sp³-hybridized carbons (Fsp3) is 0. The van der Waals surface area contributed by atoms with E-state index in [1.165, 1.54) is 0 Å². The van der Waals surface area contributed by atoms with Crippen molar-refractivity contribution in [1.82, 2.24) is 0 Å². The summed E-state index contributed by atoms with van der Waals surface area (Å²) < 4.78 is 0. The summed E-state index contributed by atoms with van der Waals surface area (Å²) >= 11 is 0. The Bertz CT molecular complexity index is 3.61. The van der Waals surface area contributed by atoms with Crippen molar-refractivity contribution >= 4 is 24.8 Å². The fourth-order valence-electron chi connectivity index (χ4n) is 0.